The molecule has 0 saturated heterocycles. The van der Waals surface area contributed by atoms with Crippen LogP contribution in [0.2, 0.25) is 0 Å². The Hall–Kier alpha value is -3.78. The molecule has 0 radical (unpaired) electrons. The van der Waals surface area contributed by atoms with Crippen molar-refractivity contribution in [3.05, 3.63) is 78.4 Å². The quantitative estimate of drug-likeness (QED) is 0.322. The fourth-order valence-electron chi connectivity index (χ4n) is 2.30. The van der Waals surface area contributed by atoms with Gasteiger partial charge in [-0.15, -0.1) is 0 Å². The first-order chi connectivity index (χ1) is 13.1. The Bertz CT molecular complexity index is 942. The van der Waals surface area contributed by atoms with E-state index in [-0.39, 0.29) is 5.84 Å². The van der Waals surface area contributed by atoms with Gasteiger partial charge in [0.1, 0.15) is 6.33 Å². The minimum absolute atomic E-state index is 0.263. The number of aliphatic imine (C=N–C) groups is 1. The van der Waals surface area contributed by atoms with Crippen LogP contribution in [0.25, 0.3) is 0 Å². The molecule has 0 aliphatic heterocycles. The molecule has 0 bridgehead atoms. The summed E-state index contributed by atoms with van der Waals surface area (Å²) in [6, 6.07) is 14.1. The fraction of sp³-hybridized carbons (Fsp3) is 0.0526. The second kappa shape index (κ2) is 8.54. The molecule has 3 rings (SSSR count). The van der Waals surface area contributed by atoms with Crippen molar-refractivity contribution in [1.82, 2.24) is 15.4 Å². The number of anilines is 2. The highest BCUT2D eigenvalue weighted by Gasteiger charge is 2.07. The van der Waals surface area contributed by atoms with Gasteiger partial charge in [-0.05, 0) is 31.2 Å². The van der Waals surface area contributed by atoms with Gasteiger partial charge in [0.15, 0.2) is 5.84 Å². The number of carbonyl (C=O) groups is 1. The lowest BCUT2D eigenvalue weighted by Gasteiger charge is -2.10. The molecule has 4 N–H and O–H groups in total. The predicted octanol–water partition coefficient (Wildman–Crippen LogP) is 3.49. The fourth-order valence-corrected chi connectivity index (χ4v) is 2.30. The Morgan fingerprint density at radius 3 is 2.41 bits per heavy atom. The number of nitrogens with one attached hydrogen (secondary N) is 3. The number of hydrogen-bond acceptors (Lipinski definition) is 5. The van der Waals surface area contributed by atoms with Gasteiger partial charge >= 0.3 is 6.03 Å². The zero-order valence-electron chi connectivity index (χ0n) is 14.5. The van der Waals surface area contributed by atoms with E-state index in [1.54, 1.807) is 24.3 Å². The van der Waals surface area contributed by atoms with Crippen LogP contribution >= 0.6 is 0 Å². The minimum atomic E-state index is -0.434. The zero-order chi connectivity index (χ0) is 19.1. The lowest BCUT2D eigenvalue weighted by molar-refractivity contribution is 0.235. The van der Waals surface area contributed by atoms with Crippen LogP contribution in [0.3, 0.4) is 0 Å². The average Bonchev–Trinajstić information content (AvgIpc) is 2.68. The maximum atomic E-state index is 12.1. The van der Waals surface area contributed by atoms with E-state index in [2.05, 4.69) is 31.1 Å². The molecule has 2 aromatic carbocycles. The number of carbonyl (C=O) groups excluding carboxylic acids is 1. The highest BCUT2D eigenvalue weighted by Crippen LogP contribution is 2.16. The van der Waals surface area contributed by atoms with Crippen molar-refractivity contribution < 1.29 is 10.0 Å². The van der Waals surface area contributed by atoms with Crippen LogP contribution in [0.15, 0.2) is 72.2 Å². The number of urea groups is 1. The minimum Gasteiger partial charge on any atom is -0.308 e. The molecule has 1 aromatic heterocycles. The van der Waals surface area contributed by atoms with Crippen molar-refractivity contribution in [2.75, 3.05) is 10.6 Å². The average molecular weight is 362 g/mol. The van der Waals surface area contributed by atoms with Gasteiger partial charge in [0.25, 0.3) is 0 Å². The standard InChI is InChI=1S/C19H18N6O2/c1-13-5-7-15(8-6-13)22-18(25-27)14-3-2-4-16(9-14)23-19(26)24-17-10-20-12-21-11-17/h2-12,27H,1H3,(H,22,25)(H2,23,24,26). The van der Waals surface area contributed by atoms with E-state index >= 15 is 0 Å². The van der Waals surface area contributed by atoms with Crippen LogP contribution in [0.4, 0.5) is 21.9 Å². The Morgan fingerprint density at radius 1 is 1.00 bits per heavy atom. The number of nitrogens with zero attached hydrogens (tertiary/aromatic N) is 3. The molecule has 0 saturated carbocycles. The molecule has 0 aliphatic rings. The second-order valence-corrected chi connectivity index (χ2v) is 5.69. The van der Waals surface area contributed by atoms with E-state index in [9.17, 15) is 10.0 Å². The van der Waals surface area contributed by atoms with Gasteiger partial charge in [0, 0.05) is 11.3 Å². The third-order valence-corrected chi connectivity index (χ3v) is 3.59. The zero-order valence-corrected chi connectivity index (χ0v) is 14.5. The monoisotopic (exact) mass is 362 g/mol. The van der Waals surface area contributed by atoms with Crippen molar-refractivity contribution in [1.29, 1.82) is 0 Å². The molecule has 8 heteroatoms. The van der Waals surface area contributed by atoms with Crippen molar-refractivity contribution in [3.63, 3.8) is 0 Å². The van der Waals surface area contributed by atoms with Gasteiger partial charge in [-0.25, -0.2) is 19.8 Å². The highest BCUT2D eigenvalue weighted by atomic mass is 16.5. The van der Waals surface area contributed by atoms with Gasteiger partial charge in [-0.1, -0.05) is 29.8 Å². The van der Waals surface area contributed by atoms with Crippen LogP contribution in [0, 0.1) is 6.92 Å². The summed E-state index contributed by atoms with van der Waals surface area (Å²) in [6.07, 6.45) is 4.36. The largest absolute Gasteiger partial charge is 0.323 e. The number of amidine groups is 1. The molecule has 8 nitrogen and oxygen atoms in total. The van der Waals surface area contributed by atoms with E-state index in [1.165, 1.54) is 18.7 Å². The molecule has 0 aliphatic carbocycles. The Balaban J connectivity index is 1.75. The van der Waals surface area contributed by atoms with Crippen molar-refractivity contribution in [2.45, 2.75) is 6.92 Å². The van der Waals surface area contributed by atoms with Crippen LogP contribution in [-0.2, 0) is 0 Å². The number of hydrogen-bond donors (Lipinski definition) is 4. The van der Waals surface area contributed by atoms with Gasteiger partial charge in [-0.3, -0.25) is 10.7 Å². The third kappa shape index (κ3) is 5.10. The number of hydroxylamine groups is 1. The normalized spacial score (nSPS) is 11.0. The molecule has 1 heterocycles. The number of rotatable bonds is 4. The molecule has 27 heavy (non-hydrogen) atoms. The molecule has 3 aromatic rings. The van der Waals surface area contributed by atoms with Crippen molar-refractivity contribution in [2.24, 2.45) is 4.99 Å². The van der Waals surface area contributed by atoms with Crippen LogP contribution in [0.5, 0.6) is 0 Å². The molecule has 2 amide bonds. The van der Waals surface area contributed by atoms with E-state index in [1.807, 2.05) is 31.2 Å². The summed E-state index contributed by atoms with van der Waals surface area (Å²) in [5.74, 6) is 0.263. The summed E-state index contributed by atoms with van der Waals surface area (Å²) in [4.78, 5) is 24.1. The Kier molecular flexibility index (Phi) is 5.70. The lowest BCUT2D eigenvalue weighted by atomic mass is 10.1. The summed E-state index contributed by atoms with van der Waals surface area (Å²) < 4.78 is 0. The van der Waals surface area contributed by atoms with Gasteiger partial charge in [0.2, 0.25) is 0 Å². The van der Waals surface area contributed by atoms with E-state index in [0.29, 0.717) is 22.6 Å². The van der Waals surface area contributed by atoms with Crippen LogP contribution < -0.4 is 16.1 Å². The molecule has 0 spiro atoms. The first-order valence-corrected chi connectivity index (χ1v) is 8.13. The summed E-state index contributed by atoms with van der Waals surface area (Å²) in [7, 11) is 0. The number of amides is 2. The van der Waals surface area contributed by atoms with Gasteiger partial charge in [0.05, 0.1) is 23.8 Å². The number of benzene rings is 2. The predicted molar refractivity (Wildman–Crippen MR) is 103 cm³/mol. The van der Waals surface area contributed by atoms with Crippen LogP contribution in [0.1, 0.15) is 11.1 Å². The maximum absolute atomic E-state index is 12.1. The molecule has 0 atom stereocenters. The summed E-state index contributed by atoms with van der Waals surface area (Å²) in [6.45, 7) is 1.99. The lowest BCUT2D eigenvalue weighted by Crippen LogP contribution is -2.22. The van der Waals surface area contributed by atoms with Crippen LogP contribution in [-0.4, -0.2) is 27.0 Å². The molecule has 0 fully saturated rings. The van der Waals surface area contributed by atoms with Gasteiger partial charge in [-0.2, -0.15) is 0 Å². The summed E-state index contributed by atoms with van der Waals surface area (Å²) in [5.41, 5.74) is 5.54. The molecule has 0 unspecified atom stereocenters. The summed E-state index contributed by atoms with van der Waals surface area (Å²) >= 11 is 0. The number of aromatic nitrogens is 2. The maximum Gasteiger partial charge on any atom is 0.323 e. The van der Waals surface area contributed by atoms with E-state index in [4.69, 9.17) is 0 Å². The van der Waals surface area contributed by atoms with Crippen molar-refractivity contribution in [3.8, 4) is 0 Å². The highest BCUT2D eigenvalue weighted by molar-refractivity contribution is 6.03. The smallest absolute Gasteiger partial charge is 0.308 e. The summed E-state index contributed by atoms with van der Waals surface area (Å²) in [5, 5.41) is 14.8. The van der Waals surface area contributed by atoms with E-state index in [0.717, 1.165) is 5.56 Å². The Morgan fingerprint density at radius 2 is 1.70 bits per heavy atom. The van der Waals surface area contributed by atoms with Crippen molar-refractivity contribution >= 4 is 28.9 Å². The van der Waals surface area contributed by atoms with Gasteiger partial charge < -0.3 is 10.6 Å². The van der Waals surface area contributed by atoms with E-state index < -0.39 is 6.03 Å². The molecule has 136 valence electrons. The topological polar surface area (TPSA) is 112 Å². The number of aryl methyl sites for hydroxylation is 1. The SMILES string of the molecule is Cc1ccc(N=C(NO)c2cccc(NC(=O)Nc3cncnc3)c2)cc1. The first-order valence-electron chi connectivity index (χ1n) is 8.13. The second-order valence-electron chi connectivity index (χ2n) is 5.69. The third-order valence-electron chi connectivity index (χ3n) is 3.59. The molecular weight excluding hydrogens is 344 g/mol. The first kappa shape index (κ1) is 18.0. The molecular formula is C19H18N6O2. The Labute approximate surface area is 156 Å².